The minimum Gasteiger partial charge on any atom is -0.377 e. The number of rotatable bonds is 5. The Labute approximate surface area is 117 Å². The van der Waals surface area contributed by atoms with E-state index in [9.17, 15) is 0 Å². The van der Waals surface area contributed by atoms with Crippen LogP contribution >= 0.6 is 22.6 Å². The molecule has 1 aromatic rings. The summed E-state index contributed by atoms with van der Waals surface area (Å²) in [5.41, 5.74) is 1.27. The number of benzene rings is 1. The first-order chi connectivity index (χ1) is 8.34. The van der Waals surface area contributed by atoms with E-state index in [1.54, 1.807) is 0 Å². The van der Waals surface area contributed by atoms with Gasteiger partial charge in [-0.3, -0.25) is 0 Å². The van der Waals surface area contributed by atoms with E-state index in [2.05, 4.69) is 52.2 Å². The van der Waals surface area contributed by atoms with Gasteiger partial charge in [-0.1, -0.05) is 12.1 Å². The van der Waals surface area contributed by atoms with E-state index in [1.807, 2.05) is 0 Å². The van der Waals surface area contributed by atoms with Crippen LogP contribution in [0, 0.1) is 9.49 Å². The van der Waals surface area contributed by atoms with Gasteiger partial charge in [0, 0.05) is 10.2 Å². The van der Waals surface area contributed by atoms with E-state index in [1.165, 1.54) is 41.5 Å². The molecule has 2 nitrogen and oxygen atoms in total. The molecule has 1 heterocycles. The number of piperidine rings is 1. The van der Waals surface area contributed by atoms with E-state index in [4.69, 9.17) is 4.74 Å². The van der Waals surface area contributed by atoms with Crippen molar-refractivity contribution in [2.45, 2.75) is 25.9 Å². The highest BCUT2D eigenvalue weighted by molar-refractivity contribution is 14.1. The first-order valence-corrected chi connectivity index (χ1v) is 7.45. The van der Waals surface area contributed by atoms with Crippen LogP contribution in [0.5, 0.6) is 0 Å². The highest BCUT2D eigenvalue weighted by atomic mass is 127. The van der Waals surface area contributed by atoms with Crippen LogP contribution in [-0.4, -0.2) is 19.7 Å². The molecule has 0 saturated carbocycles. The smallest absolute Gasteiger partial charge is 0.0716 e. The van der Waals surface area contributed by atoms with Gasteiger partial charge in [0.1, 0.15) is 0 Å². The van der Waals surface area contributed by atoms with Gasteiger partial charge in [0.05, 0.1) is 6.61 Å². The van der Waals surface area contributed by atoms with Crippen molar-refractivity contribution < 1.29 is 4.74 Å². The lowest BCUT2D eigenvalue weighted by Crippen LogP contribution is -2.30. The maximum atomic E-state index is 5.73. The SMILES string of the molecule is Ic1ccc(COCCC2CCCNC2)cc1. The summed E-state index contributed by atoms with van der Waals surface area (Å²) in [6, 6.07) is 8.54. The molecule has 2 rings (SSSR count). The Bertz CT molecular complexity index is 319. The van der Waals surface area contributed by atoms with E-state index in [0.29, 0.717) is 0 Å². The Kier molecular flexibility index (Phi) is 5.74. The van der Waals surface area contributed by atoms with Crippen molar-refractivity contribution in [1.82, 2.24) is 5.32 Å². The Balaban J connectivity index is 1.60. The maximum absolute atomic E-state index is 5.73. The molecule has 1 aliphatic rings. The second-order valence-corrected chi connectivity index (χ2v) is 5.93. The highest BCUT2D eigenvalue weighted by Crippen LogP contribution is 2.14. The Hall–Kier alpha value is -0.130. The number of ether oxygens (including phenoxy) is 1. The van der Waals surface area contributed by atoms with E-state index < -0.39 is 0 Å². The molecule has 0 amide bonds. The van der Waals surface area contributed by atoms with Crippen LogP contribution in [0.25, 0.3) is 0 Å². The molecular formula is C14H20INO. The lowest BCUT2D eigenvalue weighted by atomic mass is 9.97. The standard InChI is InChI=1S/C14H20INO/c15-14-5-3-13(4-6-14)11-17-9-7-12-2-1-8-16-10-12/h3-6,12,16H,1-2,7-11H2. The molecule has 0 bridgehead atoms. The van der Waals surface area contributed by atoms with Crippen LogP contribution in [0.2, 0.25) is 0 Å². The largest absolute Gasteiger partial charge is 0.377 e. The third kappa shape index (κ3) is 4.94. The van der Waals surface area contributed by atoms with Gasteiger partial charge in [-0.2, -0.15) is 0 Å². The molecule has 1 saturated heterocycles. The summed E-state index contributed by atoms with van der Waals surface area (Å²) in [6.07, 6.45) is 3.87. The normalized spacial score (nSPS) is 20.4. The van der Waals surface area contributed by atoms with Crippen molar-refractivity contribution in [2.75, 3.05) is 19.7 Å². The number of hydrogen-bond donors (Lipinski definition) is 1. The summed E-state index contributed by atoms with van der Waals surface area (Å²) in [7, 11) is 0. The maximum Gasteiger partial charge on any atom is 0.0716 e. The second kappa shape index (κ2) is 7.34. The average molecular weight is 345 g/mol. The monoisotopic (exact) mass is 345 g/mol. The van der Waals surface area contributed by atoms with Crippen molar-refractivity contribution >= 4 is 22.6 Å². The van der Waals surface area contributed by atoms with Crippen LogP contribution in [0.1, 0.15) is 24.8 Å². The second-order valence-electron chi connectivity index (χ2n) is 4.68. The van der Waals surface area contributed by atoms with Gasteiger partial charge in [-0.25, -0.2) is 0 Å². The molecule has 0 aliphatic carbocycles. The molecule has 1 atom stereocenters. The van der Waals surface area contributed by atoms with Crippen molar-refractivity contribution in [3.63, 3.8) is 0 Å². The molecule has 3 heteroatoms. The van der Waals surface area contributed by atoms with E-state index in [-0.39, 0.29) is 0 Å². The Morgan fingerprint density at radius 1 is 1.29 bits per heavy atom. The van der Waals surface area contributed by atoms with Gasteiger partial charge in [0.25, 0.3) is 0 Å². The molecule has 1 unspecified atom stereocenters. The number of halogens is 1. The zero-order valence-electron chi connectivity index (χ0n) is 10.1. The molecule has 17 heavy (non-hydrogen) atoms. The molecule has 0 radical (unpaired) electrons. The van der Waals surface area contributed by atoms with E-state index >= 15 is 0 Å². The molecule has 1 N–H and O–H groups in total. The Morgan fingerprint density at radius 2 is 2.12 bits per heavy atom. The first kappa shape index (κ1) is 13.3. The van der Waals surface area contributed by atoms with Gasteiger partial charge in [0.15, 0.2) is 0 Å². The predicted octanol–water partition coefficient (Wildman–Crippen LogP) is 3.20. The fourth-order valence-corrected chi connectivity index (χ4v) is 2.55. The minimum atomic E-state index is 0.747. The molecule has 0 aromatic heterocycles. The third-order valence-electron chi connectivity index (χ3n) is 3.25. The first-order valence-electron chi connectivity index (χ1n) is 6.37. The summed E-state index contributed by atoms with van der Waals surface area (Å²) in [5, 5.41) is 3.44. The number of hydrogen-bond acceptors (Lipinski definition) is 2. The summed E-state index contributed by atoms with van der Waals surface area (Å²) in [4.78, 5) is 0. The lowest BCUT2D eigenvalue weighted by molar-refractivity contribution is 0.103. The Morgan fingerprint density at radius 3 is 2.82 bits per heavy atom. The van der Waals surface area contributed by atoms with Gasteiger partial charge in [-0.05, 0) is 78.6 Å². The van der Waals surface area contributed by atoms with Gasteiger partial charge >= 0.3 is 0 Å². The average Bonchev–Trinajstić information content (AvgIpc) is 2.38. The van der Waals surface area contributed by atoms with Gasteiger partial charge < -0.3 is 10.1 Å². The van der Waals surface area contributed by atoms with Crippen LogP contribution in [-0.2, 0) is 11.3 Å². The van der Waals surface area contributed by atoms with E-state index in [0.717, 1.165) is 19.1 Å². The molecule has 1 aromatic carbocycles. The fourth-order valence-electron chi connectivity index (χ4n) is 2.19. The van der Waals surface area contributed by atoms with Crippen molar-refractivity contribution in [1.29, 1.82) is 0 Å². The summed E-state index contributed by atoms with van der Waals surface area (Å²) in [6.45, 7) is 4.00. The quantitative estimate of drug-likeness (QED) is 0.654. The fraction of sp³-hybridized carbons (Fsp3) is 0.571. The summed E-state index contributed by atoms with van der Waals surface area (Å²) >= 11 is 2.32. The van der Waals surface area contributed by atoms with Crippen molar-refractivity contribution in [2.24, 2.45) is 5.92 Å². The van der Waals surface area contributed by atoms with Crippen LogP contribution in [0.4, 0.5) is 0 Å². The van der Waals surface area contributed by atoms with Gasteiger partial charge in [-0.15, -0.1) is 0 Å². The third-order valence-corrected chi connectivity index (χ3v) is 3.97. The van der Waals surface area contributed by atoms with Crippen LogP contribution < -0.4 is 5.32 Å². The van der Waals surface area contributed by atoms with Crippen LogP contribution in [0.15, 0.2) is 24.3 Å². The minimum absolute atomic E-state index is 0.747. The topological polar surface area (TPSA) is 21.3 Å². The summed E-state index contributed by atoms with van der Waals surface area (Å²) in [5.74, 6) is 0.820. The zero-order valence-corrected chi connectivity index (χ0v) is 12.3. The van der Waals surface area contributed by atoms with Crippen molar-refractivity contribution in [3.05, 3.63) is 33.4 Å². The predicted molar refractivity (Wildman–Crippen MR) is 79.0 cm³/mol. The molecule has 94 valence electrons. The molecule has 1 aliphatic heterocycles. The highest BCUT2D eigenvalue weighted by Gasteiger charge is 2.12. The lowest BCUT2D eigenvalue weighted by Gasteiger charge is -2.22. The molecule has 1 fully saturated rings. The zero-order chi connectivity index (χ0) is 11.9. The number of nitrogens with one attached hydrogen (secondary N) is 1. The van der Waals surface area contributed by atoms with Gasteiger partial charge in [0.2, 0.25) is 0 Å². The summed E-state index contributed by atoms with van der Waals surface area (Å²) < 4.78 is 7.01. The van der Waals surface area contributed by atoms with Crippen molar-refractivity contribution in [3.8, 4) is 0 Å². The van der Waals surface area contributed by atoms with Crippen LogP contribution in [0.3, 0.4) is 0 Å². The molecule has 0 spiro atoms. The molecular weight excluding hydrogens is 325 g/mol.